The quantitative estimate of drug-likeness (QED) is 0.145. The van der Waals surface area contributed by atoms with Gasteiger partial charge in [-0.3, -0.25) is 9.59 Å². The van der Waals surface area contributed by atoms with Crippen LogP contribution < -0.4 is 10.6 Å². The van der Waals surface area contributed by atoms with Crippen molar-refractivity contribution in [3.8, 4) is 5.75 Å². The predicted molar refractivity (Wildman–Crippen MR) is 153 cm³/mol. The van der Waals surface area contributed by atoms with Gasteiger partial charge in [-0.15, -0.1) is 12.4 Å². The first kappa shape index (κ1) is 32.4. The maximum atomic E-state index is 10.8. The molecule has 0 saturated carbocycles. The standard InChI is InChI=1S/C28H41N3O2.CH2O2.ClH/c1-2-17-31(18-9-4-3-8-15-29-16-14-23-10-6-5-7-11-23)26-13-12-24-21-28(33)27(30-22-32)20-25(24)19-26;2-1-3;/h5-7,10-11,20-22,26,29,33H,2-4,8-9,12-19H2,1H3,(H,30,32);1H,(H,2,3);1H. The number of nitrogens with zero attached hydrogens (tertiary/aromatic N) is 1. The van der Waals surface area contributed by atoms with Crippen LogP contribution in [0.25, 0.3) is 0 Å². The highest BCUT2D eigenvalue weighted by Crippen LogP contribution is 2.33. The fourth-order valence-corrected chi connectivity index (χ4v) is 4.95. The Hall–Kier alpha value is -2.61. The van der Waals surface area contributed by atoms with Crippen LogP contribution in [0, 0.1) is 0 Å². The number of phenols is 1. The van der Waals surface area contributed by atoms with Crippen molar-refractivity contribution in [2.75, 3.05) is 31.5 Å². The highest BCUT2D eigenvalue weighted by Gasteiger charge is 2.24. The smallest absolute Gasteiger partial charge is 0.290 e. The zero-order valence-corrected chi connectivity index (χ0v) is 22.8. The van der Waals surface area contributed by atoms with E-state index in [4.69, 9.17) is 9.90 Å². The molecule has 2 aromatic carbocycles. The number of carboxylic acid groups (broad SMARTS) is 1. The Morgan fingerprint density at radius 3 is 2.43 bits per heavy atom. The van der Waals surface area contributed by atoms with E-state index < -0.39 is 0 Å². The van der Waals surface area contributed by atoms with E-state index in [0.29, 0.717) is 18.1 Å². The number of amides is 1. The van der Waals surface area contributed by atoms with E-state index in [9.17, 15) is 9.90 Å². The van der Waals surface area contributed by atoms with Crippen LogP contribution in [0.3, 0.4) is 0 Å². The minimum absolute atomic E-state index is 0. The first-order chi connectivity index (χ1) is 17.6. The number of hydrogen-bond acceptors (Lipinski definition) is 5. The van der Waals surface area contributed by atoms with Crippen LogP contribution in [0.5, 0.6) is 5.75 Å². The Morgan fingerprint density at radius 1 is 1.00 bits per heavy atom. The van der Waals surface area contributed by atoms with E-state index in [-0.39, 0.29) is 24.6 Å². The highest BCUT2D eigenvalue weighted by atomic mass is 35.5. The number of carbonyl (C=O) groups is 2. The third-order valence-corrected chi connectivity index (χ3v) is 6.74. The van der Waals surface area contributed by atoms with Crippen molar-refractivity contribution in [2.24, 2.45) is 0 Å². The second-order valence-electron chi connectivity index (χ2n) is 9.34. The summed E-state index contributed by atoms with van der Waals surface area (Å²) in [5.74, 6) is 0.166. The molecule has 1 aliphatic rings. The number of aryl methyl sites for hydroxylation is 1. The Bertz CT molecular complexity index is 898. The minimum atomic E-state index is -0.250. The summed E-state index contributed by atoms with van der Waals surface area (Å²) in [5, 5.41) is 23.2. The Kier molecular flexibility index (Phi) is 17.1. The van der Waals surface area contributed by atoms with Crippen LogP contribution in [0.1, 0.15) is 62.1 Å². The van der Waals surface area contributed by atoms with Crippen LogP contribution in [-0.2, 0) is 28.9 Å². The van der Waals surface area contributed by atoms with Crippen LogP contribution in [0.4, 0.5) is 5.69 Å². The Morgan fingerprint density at radius 2 is 1.73 bits per heavy atom. The zero-order valence-electron chi connectivity index (χ0n) is 22.0. The fraction of sp³-hybridized carbons (Fsp3) is 0.517. The molecular formula is C29H44ClN3O4. The molecule has 0 radical (unpaired) electrons. The lowest BCUT2D eigenvalue weighted by molar-refractivity contribution is -0.122. The van der Waals surface area contributed by atoms with Crippen molar-refractivity contribution >= 4 is 31.0 Å². The monoisotopic (exact) mass is 533 g/mol. The van der Waals surface area contributed by atoms with Gasteiger partial charge in [0.05, 0.1) is 5.69 Å². The van der Waals surface area contributed by atoms with Gasteiger partial charge in [0.1, 0.15) is 5.75 Å². The molecule has 0 heterocycles. The zero-order chi connectivity index (χ0) is 26.0. The molecule has 1 amide bonds. The molecule has 0 aromatic heterocycles. The van der Waals surface area contributed by atoms with Crippen molar-refractivity contribution in [1.82, 2.24) is 10.2 Å². The van der Waals surface area contributed by atoms with Crippen molar-refractivity contribution in [1.29, 1.82) is 0 Å². The predicted octanol–water partition coefficient (Wildman–Crippen LogP) is 5.05. The molecule has 4 N–H and O–H groups in total. The molecule has 7 nitrogen and oxygen atoms in total. The second kappa shape index (κ2) is 19.5. The van der Waals surface area contributed by atoms with Gasteiger partial charge in [-0.1, -0.05) is 50.1 Å². The van der Waals surface area contributed by atoms with Gasteiger partial charge in [0.25, 0.3) is 6.47 Å². The normalized spacial score (nSPS) is 14.1. The first-order valence-corrected chi connectivity index (χ1v) is 13.2. The lowest BCUT2D eigenvalue weighted by Gasteiger charge is -2.35. The highest BCUT2D eigenvalue weighted by molar-refractivity contribution is 5.85. The number of aromatic hydroxyl groups is 1. The molecule has 0 aliphatic heterocycles. The first-order valence-electron chi connectivity index (χ1n) is 13.2. The summed E-state index contributed by atoms with van der Waals surface area (Å²) in [6.45, 7) is 6.47. The molecule has 1 aliphatic carbocycles. The third kappa shape index (κ3) is 12.0. The molecule has 0 bridgehead atoms. The molecule has 37 heavy (non-hydrogen) atoms. The lowest BCUT2D eigenvalue weighted by atomic mass is 9.86. The van der Waals surface area contributed by atoms with Gasteiger partial charge in [-0.25, -0.2) is 0 Å². The van der Waals surface area contributed by atoms with Gasteiger partial charge in [-0.2, -0.15) is 0 Å². The van der Waals surface area contributed by atoms with Crippen LogP contribution in [-0.4, -0.2) is 60.2 Å². The minimum Gasteiger partial charge on any atom is -0.506 e. The van der Waals surface area contributed by atoms with Gasteiger partial charge in [-0.05, 0) is 99.9 Å². The lowest BCUT2D eigenvalue weighted by Crippen LogP contribution is -2.40. The van der Waals surface area contributed by atoms with Crippen LogP contribution >= 0.6 is 12.4 Å². The number of anilines is 1. The van der Waals surface area contributed by atoms with Gasteiger partial charge in [0, 0.05) is 6.04 Å². The number of benzene rings is 2. The number of fused-ring (bicyclic) bond motifs is 1. The topological polar surface area (TPSA) is 102 Å². The Labute approximate surface area is 228 Å². The maximum Gasteiger partial charge on any atom is 0.290 e. The van der Waals surface area contributed by atoms with E-state index in [1.807, 2.05) is 12.1 Å². The molecule has 2 aromatic rings. The van der Waals surface area contributed by atoms with E-state index in [2.05, 4.69) is 52.8 Å². The number of rotatable bonds is 15. The number of phenolic OH excluding ortho intramolecular Hbond substituents is 1. The van der Waals surface area contributed by atoms with E-state index in [1.165, 1.54) is 48.8 Å². The van der Waals surface area contributed by atoms with Crippen molar-refractivity contribution in [3.63, 3.8) is 0 Å². The summed E-state index contributed by atoms with van der Waals surface area (Å²) >= 11 is 0. The van der Waals surface area contributed by atoms with E-state index in [0.717, 1.165) is 51.9 Å². The molecule has 3 rings (SSSR count). The summed E-state index contributed by atoms with van der Waals surface area (Å²) < 4.78 is 0. The number of halogens is 1. The van der Waals surface area contributed by atoms with Crippen LogP contribution in [0.15, 0.2) is 42.5 Å². The maximum absolute atomic E-state index is 10.8. The van der Waals surface area contributed by atoms with Crippen molar-refractivity contribution in [2.45, 2.75) is 70.8 Å². The second-order valence-corrected chi connectivity index (χ2v) is 9.34. The number of carbonyl (C=O) groups excluding carboxylic acids is 1. The van der Waals surface area contributed by atoms with Crippen molar-refractivity contribution < 1.29 is 19.8 Å². The largest absolute Gasteiger partial charge is 0.506 e. The van der Waals surface area contributed by atoms with E-state index >= 15 is 0 Å². The summed E-state index contributed by atoms with van der Waals surface area (Å²) in [6, 6.07) is 15.0. The fourth-order valence-electron chi connectivity index (χ4n) is 4.95. The molecule has 0 spiro atoms. The van der Waals surface area contributed by atoms with Gasteiger partial charge in [0.2, 0.25) is 6.41 Å². The van der Waals surface area contributed by atoms with Crippen LogP contribution in [0.2, 0.25) is 0 Å². The molecule has 0 saturated heterocycles. The average molecular weight is 534 g/mol. The van der Waals surface area contributed by atoms with E-state index in [1.54, 1.807) is 0 Å². The molecule has 8 heteroatoms. The van der Waals surface area contributed by atoms with Gasteiger partial charge in [0.15, 0.2) is 0 Å². The third-order valence-electron chi connectivity index (χ3n) is 6.74. The average Bonchev–Trinajstić information content (AvgIpc) is 2.88. The summed E-state index contributed by atoms with van der Waals surface area (Å²) in [6.07, 6.45) is 11.1. The SMILES string of the molecule is CCCN(CCCCCCNCCc1ccccc1)C1CCc2cc(O)c(NC=O)cc2C1.Cl.O=CO. The molecule has 1 unspecified atom stereocenters. The molecular weight excluding hydrogens is 490 g/mol. The number of nitrogens with one attached hydrogen (secondary N) is 2. The summed E-state index contributed by atoms with van der Waals surface area (Å²) in [7, 11) is 0. The van der Waals surface area contributed by atoms with Crippen molar-refractivity contribution in [3.05, 3.63) is 59.2 Å². The molecule has 0 fully saturated rings. The Balaban J connectivity index is 0.00000163. The number of hydrogen-bond donors (Lipinski definition) is 4. The number of unbranched alkanes of at least 4 members (excludes halogenated alkanes) is 3. The van der Waals surface area contributed by atoms with Gasteiger partial charge >= 0.3 is 0 Å². The van der Waals surface area contributed by atoms with Gasteiger partial charge < -0.3 is 25.7 Å². The molecule has 206 valence electrons. The summed E-state index contributed by atoms with van der Waals surface area (Å²) in [5.41, 5.74) is 4.40. The molecule has 1 atom stereocenters. The summed E-state index contributed by atoms with van der Waals surface area (Å²) in [4.78, 5) is 21.9.